The smallest absolute Gasteiger partial charge is 0.139 e. The largest absolute Gasteiger partial charge is 0.396 e. The van der Waals surface area contributed by atoms with E-state index in [4.69, 9.17) is 0 Å². The first-order valence-corrected chi connectivity index (χ1v) is 7.94. The molecule has 1 fully saturated rings. The van der Waals surface area contributed by atoms with E-state index in [1.807, 2.05) is 14.1 Å². The lowest BCUT2D eigenvalue weighted by atomic mass is 9.78. The first-order valence-electron chi connectivity index (χ1n) is 7.94. The van der Waals surface area contributed by atoms with Crippen LogP contribution in [0.4, 0.5) is 10.2 Å². The highest BCUT2D eigenvalue weighted by atomic mass is 19.1. The molecule has 3 rings (SSSR count). The molecule has 1 N–H and O–H groups in total. The van der Waals surface area contributed by atoms with Gasteiger partial charge in [0.1, 0.15) is 18.0 Å². The summed E-state index contributed by atoms with van der Waals surface area (Å²) in [6, 6.07) is 4.63. The number of aromatic nitrogens is 2. The summed E-state index contributed by atoms with van der Waals surface area (Å²) in [5, 5.41) is 10.7. The van der Waals surface area contributed by atoms with Gasteiger partial charge in [-0.15, -0.1) is 0 Å². The number of halogens is 1. The lowest BCUT2D eigenvalue weighted by Gasteiger charge is -2.42. The molecule has 1 saturated heterocycles. The summed E-state index contributed by atoms with van der Waals surface area (Å²) in [5.74, 6) is 0.567. The van der Waals surface area contributed by atoms with Gasteiger partial charge in [-0.3, -0.25) is 0 Å². The molecule has 0 saturated carbocycles. The Balaban J connectivity index is 1.83. The van der Waals surface area contributed by atoms with Gasteiger partial charge in [0.15, 0.2) is 0 Å². The lowest BCUT2D eigenvalue weighted by Crippen LogP contribution is -2.47. The molecule has 0 unspecified atom stereocenters. The van der Waals surface area contributed by atoms with Crippen molar-refractivity contribution in [1.29, 1.82) is 0 Å². The normalized spacial score (nSPS) is 17.9. The van der Waals surface area contributed by atoms with E-state index in [-0.39, 0.29) is 17.8 Å². The second-order valence-electron chi connectivity index (χ2n) is 6.74. The molecule has 6 heteroatoms. The zero-order valence-electron chi connectivity index (χ0n) is 13.7. The van der Waals surface area contributed by atoms with Crippen molar-refractivity contribution in [2.75, 3.05) is 45.2 Å². The maximum absolute atomic E-state index is 13.4. The fourth-order valence-electron chi connectivity index (χ4n) is 3.50. The SMILES string of the molecule is CN(C)CC1(CO)CCN(c2ncnc3cc(F)ccc23)CC1. The van der Waals surface area contributed by atoms with E-state index >= 15 is 0 Å². The number of aliphatic hydroxyl groups excluding tert-OH is 1. The molecule has 1 aromatic heterocycles. The van der Waals surface area contributed by atoms with Gasteiger partial charge in [0.05, 0.1) is 12.1 Å². The minimum absolute atomic E-state index is 0.0467. The minimum atomic E-state index is -0.286. The number of benzene rings is 1. The Hall–Kier alpha value is -1.79. The Morgan fingerprint density at radius 2 is 2.00 bits per heavy atom. The zero-order valence-corrected chi connectivity index (χ0v) is 13.7. The van der Waals surface area contributed by atoms with Crippen LogP contribution in [0.15, 0.2) is 24.5 Å². The number of hydrogen-bond acceptors (Lipinski definition) is 5. The van der Waals surface area contributed by atoms with Crippen LogP contribution in [0.25, 0.3) is 10.9 Å². The molecule has 5 nitrogen and oxygen atoms in total. The number of nitrogens with zero attached hydrogens (tertiary/aromatic N) is 4. The Morgan fingerprint density at radius 3 is 2.65 bits per heavy atom. The third-order valence-electron chi connectivity index (χ3n) is 4.69. The van der Waals surface area contributed by atoms with Crippen molar-refractivity contribution in [1.82, 2.24) is 14.9 Å². The molecule has 124 valence electrons. The summed E-state index contributed by atoms with van der Waals surface area (Å²) in [7, 11) is 4.08. The van der Waals surface area contributed by atoms with Gasteiger partial charge in [-0.1, -0.05) is 0 Å². The third kappa shape index (κ3) is 3.28. The van der Waals surface area contributed by atoms with Gasteiger partial charge in [0.2, 0.25) is 0 Å². The van der Waals surface area contributed by atoms with Gasteiger partial charge in [0.25, 0.3) is 0 Å². The maximum atomic E-state index is 13.4. The quantitative estimate of drug-likeness (QED) is 0.933. The summed E-state index contributed by atoms with van der Waals surface area (Å²) in [6.07, 6.45) is 3.31. The molecule has 2 heterocycles. The number of piperidine rings is 1. The average Bonchev–Trinajstić information content (AvgIpc) is 2.54. The van der Waals surface area contributed by atoms with Crippen LogP contribution in [0, 0.1) is 11.2 Å². The predicted molar refractivity (Wildman–Crippen MR) is 89.0 cm³/mol. The fourth-order valence-corrected chi connectivity index (χ4v) is 3.50. The van der Waals surface area contributed by atoms with E-state index < -0.39 is 0 Å². The lowest BCUT2D eigenvalue weighted by molar-refractivity contribution is 0.0676. The highest BCUT2D eigenvalue weighted by Crippen LogP contribution is 2.34. The second-order valence-corrected chi connectivity index (χ2v) is 6.74. The predicted octanol–water partition coefficient (Wildman–Crippen LogP) is 1.91. The first kappa shape index (κ1) is 16.1. The summed E-state index contributed by atoms with van der Waals surface area (Å²) >= 11 is 0. The molecule has 23 heavy (non-hydrogen) atoms. The maximum Gasteiger partial charge on any atom is 0.139 e. The molecular formula is C17H23FN4O. The standard InChI is InChI=1S/C17H23FN4O/c1-21(2)10-17(11-23)5-7-22(8-6-17)16-14-4-3-13(18)9-15(14)19-12-20-16/h3-4,9,12,23H,5-8,10-11H2,1-2H3. The van der Waals surface area contributed by atoms with Crippen LogP contribution in [0.1, 0.15) is 12.8 Å². The number of rotatable bonds is 4. The molecule has 0 aliphatic carbocycles. The summed E-state index contributed by atoms with van der Waals surface area (Å²) in [4.78, 5) is 12.9. The van der Waals surface area contributed by atoms with Crippen LogP contribution in [0.2, 0.25) is 0 Å². The van der Waals surface area contributed by atoms with Gasteiger partial charge in [-0.25, -0.2) is 14.4 Å². The molecule has 1 aromatic carbocycles. The van der Waals surface area contributed by atoms with Crippen molar-refractivity contribution in [3.05, 3.63) is 30.3 Å². The number of anilines is 1. The van der Waals surface area contributed by atoms with E-state index in [1.54, 1.807) is 6.07 Å². The van der Waals surface area contributed by atoms with Gasteiger partial charge in [-0.05, 0) is 39.1 Å². The van der Waals surface area contributed by atoms with E-state index in [0.717, 1.165) is 43.7 Å². The monoisotopic (exact) mass is 318 g/mol. The van der Waals surface area contributed by atoms with E-state index in [2.05, 4.69) is 19.8 Å². The van der Waals surface area contributed by atoms with Gasteiger partial charge in [0, 0.05) is 36.5 Å². The van der Waals surface area contributed by atoms with Crippen molar-refractivity contribution >= 4 is 16.7 Å². The minimum Gasteiger partial charge on any atom is -0.396 e. The van der Waals surface area contributed by atoms with Crippen LogP contribution in [0.5, 0.6) is 0 Å². The molecular weight excluding hydrogens is 295 g/mol. The van der Waals surface area contributed by atoms with Crippen LogP contribution < -0.4 is 4.90 Å². The summed E-state index contributed by atoms with van der Waals surface area (Å²) < 4.78 is 13.4. The Labute approximate surface area is 135 Å². The van der Waals surface area contributed by atoms with Crippen molar-refractivity contribution in [3.8, 4) is 0 Å². The van der Waals surface area contributed by atoms with Gasteiger partial charge < -0.3 is 14.9 Å². The number of fused-ring (bicyclic) bond motifs is 1. The molecule has 2 aromatic rings. The summed E-state index contributed by atoms with van der Waals surface area (Å²) in [6.45, 7) is 2.75. The van der Waals surface area contributed by atoms with E-state index in [1.165, 1.54) is 18.5 Å². The topological polar surface area (TPSA) is 52.5 Å². The van der Waals surface area contributed by atoms with Gasteiger partial charge in [-0.2, -0.15) is 0 Å². The number of aliphatic hydroxyl groups is 1. The molecule has 0 atom stereocenters. The number of hydrogen-bond donors (Lipinski definition) is 1. The molecule has 0 amide bonds. The zero-order chi connectivity index (χ0) is 16.4. The average molecular weight is 318 g/mol. The fraction of sp³-hybridized carbons (Fsp3) is 0.529. The molecule has 0 radical (unpaired) electrons. The Morgan fingerprint density at radius 1 is 1.26 bits per heavy atom. The third-order valence-corrected chi connectivity index (χ3v) is 4.69. The van der Waals surface area contributed by atoms with E-state index in [9.17, 15) is 9.50 Å². The van der Waals surface area contributed by atoms with Crippen molar-refractivity contribution in [3.63, 3.8) is 0 Å². The molecule has 1 aliphatic heterocycles. The van der Waals surface area contributed by atoms with Crippen LogP contribution in [0.3, 0.4) is 0 Å². The highest BCUT2D eigenvalue weighted by molar-refractivity contribution is 5.89. The first-order chi connectivity index (χ1) is 11.0. The highest BCUT2D eigenvalue weighted by Gasteiger charge is 2.35. The molecule has 0 bridgehead atoms. The van der Waals surface area contributed by atoms with Crippen LogP contribution >= 0.6 is 0 Å². The summed E-state index contributed by atoms with van der Waals surface area (Å²) in [5.41, 5.74) is 0.580. The van der Waals surface area contributed by atoms with Gasteiger partial charge >= 0.3 is 0 Å². The van der Waals surface area contributed by atoms with E-state index in [0.29, 0.717) is 5.52 Å². The molecule has 0 spiro atoms. The Kier molecular flexibility index (Phi) is 4.46. The second kappa shape index (κ2) is 6.37. The van der Waals surface area contributed by atoms with Crippen molar-refractivity contribution in [2.24, 2.45) is 5.41 Å². The van der Waals surface area contributed by atoms with Crippen LogP contribution in [-0.2, 0) is 0 Å². The molecule has 1 aliphatic rings. The van der Waals surface area contributed by atoms with Crippen molar-refractivity contribution < 1.29 is 9.50 Å². The van der Waals surface area contributed by atoms with Crippen molar-refractivity contribution in [2.45, 2.75) is 12.8 Å². The van der Waals surface area contributed by atoms with Crippen LogP contribution in [-0.4, -0.2) is 60.3 Å². The Bertz CT molecular complexity index is 683.